The van der Waals surface area contributed by atoms with Gasteiger partial charge in [0.05, 0.1) is 13.2 Å². The third kappa shape index (κ3) is 5.19. The average Bonchev–Trinajstić information content (AvgIpc) is 2.64. The van der Waals surface area contributed by atoms with Crippen LogP contribution < -0.4 is 4.74 Å². The molecule has 0 aliphatic heterocycles. The zero-order valence-electron chi connectivity index (χ0n) is 14.4. The molecule has 4 N–H and O–H groups in total. The summed E-state index contributed by atoms with van der Waals surface area (Å²) in [6.07, 6.45) is 1.08. The summed E-state index contributed by atoms with van der Waals surface area (Å²) in [6, 6.07) is 12.2. The number of phenols is 1. The van der Waals surface area contributed by atoms with Gasteiger partial charge in [-0.1, -0.05) is 24.3 Å². The third-order valence-corrected chi connectivity index (χ3v) is 4.37. The van der Waals surface area contributed by atoms with Crippen molar-refractivity contribution in [3.8, 4) is 11.5 Å². The number of aryl methyl sites for hydroxylation is 1. The summed E-state index contributed by atoms with van der Waals surface area (Å²) in [5.41, 5.74) is 2.64. The number of aliphatic hydroxyl groups is 3. The summed E-state index contributed by atoms with van der Waals surface area (Å²) in [6.45, 7) is -0.0209. The van der Waals surface area contributed by atoms with Gasteiger partial charge in [0.1, 0.15) is 11.5 Å². The van der Waals surface area contributed by atoms with E-state index in [0.717, 1.165) is 17.5 Å². The first-order valence-electron chi connectivity index (χ1n) is 8.43. The number of hydrogen-bond donors (Lipinski definition) is 4. The van der Waals surface area contributed by atoms with E-state index in [1.54, 1.807) is 19.2 Å². The molecule has 0 saturated heterocycles. The molecular formula is C20H26O5. The van der Waals surface area contributed by atoms with Gasteiger partial charge in [-0.3, -0.25) is 0 Å². The Balaban J connectivity index is 2.15. The highest BCUT2D eigenvalue weighted by molar-refractivity contribution is 5.38. The predicted molar refractivity (Wildman–Crippen MR) is 95.7 cm³/mol. The van der Waals surface area contributed by atoms with Crippen molar-refractivity contribution >= 4 is 0 Å². The van der Waals surface area contributed by atoms with Gasteiger partial charge in [-0.05, 0) is 54.2 Å². The summed E-state index contributed by atoms with van der Waals surface area (Å²) in [5, 5.41) is 38.6. The normalized spacial score (nSPS) is 13.4. The molecule has 2 atom stereocenters. The third-order valence-electron chi connectivity index (χ3n) is 4.37. The first kappa shape index (κ1) is 19.2. The standard InChI is InChI=1S/C20H26O5/c1-25-19-11-14(3-2-10-21)4-5-16(19)12-17(13-22)20(24)15-6-8-18(23)9-7-15/h4-9,11,17,20-24H,2-3,10,12-13H2,1H3/t17-,20+/m0/s1. The number of hydrogen-bond acceptors (Lipinski definition) is 5. The Labute approximate surface area is 148 Å². The molecule has 5 nitrogen and oxygen atoms in total. The van der Waals surface area contributed by atoms with Crippen molar-refractivity contribution in [2.24, 2.45) is 5.92 Å². The van der Waals surface area contributed by atoms with E-state index < -0.39 is 6.10 Å². The lowest BCUT2D eigenvalue weighted by atomic mass is 9.89. The van der Waals surface area contributed by atoms with Gasteiger partial charge in [0.25, 0.3) is 0 Å². The Morgan fingerprint density at radius 3 is 2.36 bits per heavy atom. The van der Waals surface area contributed by atoms with E-state index in [1.165, 1.54) is 12.1 Å². The van der Waals surface area contributed by atoms with Crippen LogP contribution in [-0.2, 0) is 12.8 Å². The predicted octanol–water partition coefficient (Wildman–Crippen LogP) is 2.21. The van der Waals surface area contributed by atoms with Crippen LogP contribution in [0.4, 0.5) is 0 Å². The van der Waals surface area contributed by atoms with E-state index in [2.05, 4.69) is 0 Å². The summed E-state index contributed by atoms with van der Waals surface area (Å²) in [7, 11) is 1.60. The number of aliphatic hydroxyl groups excluding tert-OH is 3. The first-order chi connectivity index (χ1) is 12.1. The highest BCUT2D eigenvalue weighted by Crippen LogP contribution is 2.30. The van der Waals surface area contributed by atoms with Crippen LogP contribution in [0.2, 0.25) is 0 Å². The monoisotopic (exact) mass is 346 g/mol. The highest BCUT2D eigenvalue weighted by Gasteiger charge is 2.22. The van der Waals surface area contributed by atoms with Gasteiger partial charge < -0.3 is 25.2 Å². The molecular weight excluding hydrogens is 320 g/mol. The smallest absolute Gasteiger partial charge is 0.122 e. The number of phenolic OH excluding ortho intramolecular Hbond substituents is 1. The quantitative estimate of drug-likeness (QED) is 0.559. The van der Waals surface area contributed by atoms with Crippen LogP contribution in [0.1, 0.15) is 29.2 Å². The number of methoxy groups -OCH3 is 1. The number of benzene rings is 2. The van der Waals surface area contributed by atoms with Crippen molar-refractivity contribution in [2.75, 3.05) is 20.3 Å². The number of ether oxygens (including phenoxy) is 1. The zero-order valence-corrected chi connectivity index (χ0v) is 14.4. The van der Waals surface area contributed by atoms with Gasteiger partial charge in [0.2, 0.25) is 0 Å². The minimum absolute atomic E-state index is 0.136. The average molecular weight is 346 g/mol. The van der Waals surface area contributed by atoms with Crippen molar-refractivity contribution < 1.29 is 25.2 Å². The topological polar surface area (TPSA) is 90.2 Å². The van der Waals surface area contributed by atoms with Crippen molar-refractivity contribution in [3.63, 3.8) is 0 Å². The minimum atomic E-state index is -0.843. The van der Waals surface area contributed by atoms with Crippen LogP contribution in [-0.4, -0.2) is 40.7 Å². The molecule has 0 aliphatic rings. The molecule has 0 bridgehead atoms. The zero-order chi connectivity index (χ0) is 18.2. The fourth-order valence-corrected chi connectivity index (χ4v) is 2.90. The van der Waals surface area contributed by atoms with Gasteiger partial charge in [-0.2, -0.15) is 0 Å². The lowest BCUT2D eigenvalue weighted by Crippen LogP contribution is -2.19. The summed E-state index contributed by atoms with van der Waals surface area (Å²) < 4.78 is 5.45. The van der Waals surface area contributed by atoms with Gasteiger partial charge in [0, 0.05) is 19.1 Å². The summed E-state index contributed by atoms with van der Waals surface area (Å²) in [5.74, 6) is 0.463. The van der Waals surface area contributed by atoms with Gasteiger partial charge in [0.15, 0.2) is 0 Å². The molecule has 0 aromatic heterocycles. The molecule has 0 amide bonds. The van der Waals surface area contributed by atoms with Crippen LogP contribution in [0, 0.1) is 5.92 Å². The van der Waals surface area contributed by atoms with E-state index in [0.29, 0.717) is 24.2 Å². The fourth-order valence-electron chi connectivity index (χ4n) is 2.90. The molecule has 136 valence electrons. The summed E-state index contributed by atoms with van der Waals surface area (Å²) >= 11 is 0. The molecule has 2 aromatic carbocycles. The van der Waals surface area contributed by atoms with Gasteiger partial charge >= 0.3 is 0 Å². The molecule has 0 unspecified atom stereocenters. The summed E-state index contributed by atoms with van der Waals surface area (Å²) in [4.78, 5) is 0. The Hall–Kier alpha value is -2.08. The van der Waals surface area contributed by atoms with Crippen molar-refractivity contribution in [3.05, 3.63) is 59.2 Å². The highest BCUT2D eigenvalue weighted by atomic mass is 16.5. The molecule has 2 aromatic rings. The van der Waals surface area contributed by atoms with E-state index in [4.69, 9.17) is 9.84 Å². The number of aromatic hydroxyl groups is 1. The maximum atomic E-state index is 10.6. The second kappa shape index (κ2) is 9.42. The Morgan fingerprint density at radius 2 is 1.76 bits per heavy atom. The fraction of sp³-hybridized carbons (Fsp3) is 0.400. The first-order valence-corrected chi connectivity index (χ1v) is 8.43. The molecule has 0 spiro atoms. The van der Waals surface area contributed by atoms with E-state index in [1.807, 2.05) is 18.2 Å². The van der Waals surface area contributed by atoms with E-state index in [-0.39, 0.29) is 24.9 Å². The largest absolute Gasteiger partial charge is 0.508 e. The lowest BCUT2D eigenvalue weighted by molar-refractivity contribution is 0.0665. The van der Waals surface area contributed by atoms with Crippen LogP contribution in [0.5, 0.6) is 11.5 Å². The second-order valence-electron chi connectivity index (χ2n) is 6.16. The maximum Gasteiger partial charge on any atom is 0.122 e. The van der Waals surface area contributed by atoms with Crippen molar-refractivity contribution in [1.29, 1.82) is 0 Å². The van der Waals surface area contributed by atoms with Crippen LogP contribution in [0.15, 0.2) is 42.5 Å². The minimum Gasteiger partial charge on any atom is -0.508 e. The lowest BCUT2D eigenvalue weighted by Gasteiger charge is -2.22. The molecule has 0 heterocycles. The molecule has 0 fully saturated rings. The van der Waals surface area contributed by atoms with Crippen LogP contribution in [0.25, 0.3) is 0 Å². The van der Waals surface area contributed by atoms with Crippen LogP contribution >= 0.6 is 0 Å². The molecule has 0 aliphatic carbocycles. The molecule has 0 radical (unpaired) electrons. The Bertz CT molecular complexity index is 654. The van der Waals surface area contributed by atoms with Crippen molar-refractivity contribution in [2.45, 2.75) is 25.4 Å². The molecule has 25 heavy (non-hydrogen) atoms. The van der Waals surface area contributed by atoms with Crippen molar-refractivity contribution in [1.82, 2.24) is 0 Å². The number of rotatable bonds is 9. The van der Waals surface area contributed by atoms with Gasteiger partial charge in [-0.15, -0.1) is 0 Å². The Morgan fingerprint density at radius 1 is 1.04 bits per heavy atom. The van der Waals surface area contributed by atoms with Gasteiger partial charge in [-0.25, -0.2) is 0 Å². The second-order valence-corrected chi connectivity index (χ2v) is 6.16. The Kier molecular flexibility index (Phi) is 7.25. The molecule has 5 heteroatoms. The van der Waals surface area contributed by atoms with E-state index >= 15 is 0 Å². The van der Waals surface area contributed by atoms with E-state index in [9.17, 15) is 15.3 Å². The molecule has 0 saturated carbocycles. The van der Waals surface area contributed by atoms with Crippen LogP contribution in [0.3, 0.4) is 0 Å². The SMILES string of the molecule is COc1cc(CCCO)ccc1C[C@@H](CO)[C@H](O)c1ccc(O)cc1. The molecule has 2 rings (SSSR count). The maximum absolute atomic E-state index is 10.6.